The molecule has 2 N–H and O–H groups in total. The molecule has 0 saturated heterocycles. The summed E-state index contributed by atoms with van der Waals surface area (Å²) in [7, 11) is 1.22. The molecule has 0 spiro atoms. The highest BCUT2D eigenvalue weighted by atomic mass is 16.6. The van der Waals surface area contributed by atoms with Gasteiger partial charge >= 0.3 is 11.9 Å². The second-order valence-corrected chi connectivity index (χ2v) is 7.26. The van der Waals surface area contributed by atoms with Crippen molar-refractivity contribution in [3.8, 4) is 0 Å². The first-order valence-corrected chi connectivity index (χ1v) is 9.30. The Balaban J connectivity index is 1.96. The summed E-state index contributed by atoms with van der Waals surface area (Å²) in [6.45, 7) is 3.15. The van der Waals surface area contributed by atoms with Crippen molar-refractivity contribution < 1.29 is 28.8 Å². The van der Waals surface area contributed by atoms with Crippen molar-refractivity contribution in [1.82, 2.24) is 5.32 Å². The quantitative estimate of drug-likeness (QED) is 0.341. The lowest BCUT2D eigenvalue weighted by molar-refractivity contribution is -0.384. The van der Waals surface area contributed by atoms with E-state index in [1.807, 2.05) is 13.8 Å². The van der Waals surface area contributed by atoms with E-state index >= 15 is 0 Å². The number of hydrogen-bond acceptors (Lipinski definition) is 8. The van der Waals surface area contributed by atoms with Gasteiger partial charge in [0.2, 0.25) is 0 Å². The number of rotatable bonds is 10. The van der Waals surface area contributed by atoms with Crippen molar-refractivity contribution in [2.24, 2.45) is 5.92 Å². The fourth-order valence-electron chi connectivity index (χ4n) is 2.66. The zero-order valence-corrected chi connectivity index (χ0v) is 16.6. The molecule has 0 aromatic heterocycles. The molecule has 1 atom stereocenters. The number of anilines is 1. The minimum atomic E-state index is -0.875. The Morgan fingerprint density at radius 2 is 1.97 bits per heavy atom. The number of carbonyl (C=O) groups excluding carboxylic acids is 3. The third kappa shape index (κ3) is 6.74. The van der Waals surface area contributed by atoms with Gasteiger partial charge in [0, 0.05) is 12.1 Å². The summed E-state index contributed by atoms with van der Waals surface area (Å²) in [5.74, 6) is -2.01. The molecular weight excluding hydrogens is 382 g/mol. The van der Waals surface area contributed by atoms with Crippen LogP contribution in [0, 0.1) is 16.0 Å². The summed E-state index contributed by atoms with van der Waals surface area (Å²) in [6, 6.07) is 3.32. The zero-order valence-electron chi connectivity index (χ0n) is 16.6. The van der Waals surface area contributed by atoms with E-state index in [9.17, 15) is 24.5 Å². The number of carbonyl (C=O) groups is 3. The number of nitrogens with one attached hydrogen (secondary N) is 2. The molecule has 1 aliphatic carbocycles. The lowest BCUT2D eigenvalue weighted by Gasteiger charge is -2.18. The normalized spacial score (nSPS) is 14.1. The van der Waals surface area contributed by atoms with Gasteiger partial charge in [-0.15, -0.1) is 0 Å². The van der Waals surface area contributed by atoms with Crippen molar-refractivity contribution in [2.75, 3.05) is 19.0 Å². The van der Waals surface area contributed by atoms with Crippen LogP contribution in [-0.2, 0) is 19.1 Å². The molecule has 1 aliphatic rings. The smallest absolute Gasteiger partial charge is 0.338 e. The van der Waals surface area contributed by atoms with Crippen LogP contribution in [0.4, 0.5) is 11.4 Å². The van der Waals surface area contributed by atoms with Gasteiger partial charge in [-0.05, 0) is 37.3 Å². The number of nitrogens with zero attached hydrogens (tertiary/aromatic N) is 1. The van der Waals surface area contributed by atoms with Gasteiger partial charge in [0.25, 0.3) is 11.6 Å². The van der Waals surface area contributed by atoms with Crippen molar-refractivity contribution in [3.63, 3.8) is 0 Å². The van der Waals surface area contributed by atoms with E-state index in [2.05, 4.69) is 15.4 Å². The number of ether oxygens (including phenoxy) is 2. The highest BCUT2D eigenvalue weighted by molar-refractivity contribution is 5.93. The van der Waals surface area contributed by atoms with Gasteiger partial charge in [0.15, 0.2) is 6.61 Å². The van der Waals surface area contributed by atoms with E-state index in [1.165, 1.54) is 19.2 Å². The predicted octanol–water partition coefficient (Wildman–Crippen LogP) is 2.03. The standard InChI is InChI=1S/C19H25N3O7/c1-11(2)8-15(19(25)28-3)21-17(23)10-29-18(24)12-4-7-14(20-13-5-6-13)16(9-12)22(26)27/h4,7,9,11,13,15,20H,5-6,8,10H2,1-3H3,(H,21,23)/t15-/m1/s1. The number of esters is 2. The van der Waals surface area contributed by atoms with E-state index in [0.29, 0.717) is 12.1 Å². The van der Waals surface area contributed by atoms with Crippen LogP contribution in [0.15, 0.2) is 18.2 Å². The van der Waals surface area contributed by atoms with E-state index in [0.717, 1.165) is 18.9 Å². The molecule has 10 nitrogen and oxygen atoms in total. The Labute approximate surface area is 168 Å². The van der Waals surface area contributed by atoms with Gasteiger partial charge in [0.05, 0.1) is 17.6 Å². The molecule has 158 valence electrons. The van der Waals surface area contributed by atoms with E-state index in [4.69, 9.17) is 4.74 Å². The monoisotopic (exact) mass is 407 g/mol. The zero-order chi connectivity index (χ0) is 21.6. The lowest BCUT2D eigenvalue weighted by atomic mass is 10.0. The Kier molecular flexibility index (Phi) is 7.52. The summed E-state index contributed by atoms with van der Waals surface area (Å²) in [4.78, 5) is 46.7. The van der Waals surface area contributed by atoms with Gasteiger partial charge in [-0.3, -0.25) is 14.9 Å². The van der Waals surface area contributed by atoms with Crippen LogP contribution >= 0.6 is 0 Å². The Hall–Kier alpha value is -3.17. The van der Waals surface area contributed by atoms with Gasteiger partial charge < -0.3 is 20.1 Å². The summed E-state index contributed by atoms with van der Waals surface area (Å²) in [6.07, 6.45) is 2.26. The number of methoxy groups -OCH3 is 1. The average Bonchev–Trinajstić information content (AvgIpc) is 3.48. The Bertz CT molecular complexity index is 790. The first-order valence-electron chi connectivity index (χ1n) is 9.30. The largest absolute Gasteiger partial charge is 0.467 e. The molecule has 2 rings (SSSR count). The molecule has 10 heteroatoms. The minimum Gasteiger partial charge on any atom is -0.467 e. The highest BCUT2D eigenvalue weighted by Crippen LogP contribution is 2.31. The van der Waals surface area contributed by atoms with Crippen LogP contribution in [0.1, 0.15) is 43.5 Å². The average molecular weight is 407 g/mol. The van der Waals surface area contributed by atoms with Crippen LogP contribution in [0.3, 0.4) is 0 Å². The van der Waals surface area contributed by atoms with Crippen molar-refractivity contribution >= 4 is 29.2 Å². The Morgan fingerprint density at radius 1 is 1.28 bits per heavy atom. The second kappa shape index (κ2) is 9.85. The number of hydrogen-bond donors (Lipinski definition) is 2. The van der Waals surface area contributed by atoms with Crippen LogP contribution in [0.2, 0.25) is 0 Å². The molecule has 1 saturated carbocycles. The molecule has 0 unspecified atom stereocenters. The lowest BCUT2D eigenvalue weighted by Crippen LogP contribution is -2.44. The van der Waals surface area contributed by atoms with Crippen molar-refractivity contribution in [1.29, 1.82) is 0 Å². The molecule has 1 amide bonds. The second-order valence-electron chi connectivity index (χ2n) is 7.26. The molecule has 1 fully saturated rings. The minimum absolute atomic E-state index is 0.0439. The molecule has 29 heavy (non-hydrogen) atoms. The molecule has 0 radical (unpaired) electrons. The summed E-state index contributed by atoms with van der Waals surface area (Å²) >= 11 is 0. The topological polar surface area (TPSA) is 137 Å². The SMILES string of the molecule is COC(=O)[C@@H](CC(C)C)NC(=O)COC(=O)c1ccc(NC2CC2)c([N+](=O)[O-])c1. The fraction of sp³-hybridized carbons (Fsp3) is 0.526. The van der Waals surface area contributed by atoms with Crippen molar-refractivity contribution in [2.45, 2.75) is 45.2 Å². The molecule has 0 heterocycles. The maximum Gasteiger partial charge on any atom is 0.338 e. The summed E-state index contributed by atoms with van der Waals surface area (Å²) in [5.41, 5.74) is 0.0532. The van der Waals surface area contributed by atoms with E-state index in [1.54, 1.807) is 0 Å². The van der Waals surface area contributed by atoms with Gasteiger partial charge in [0.1, 0.15) is 11.7 Å². The van der Waals surface area contributed by atoms with Crippen LogP contribution in [0.25, 0.3) is 0 Å². The van der Waals surface area contributed by atoms with Crippen molar-refractivity contribution in [3.05, 3.63) is 33.9 Å². The molecular formula is C19H25N3O7. The molecule has 0 bridgehead atoms. The maximum absolute atomic E-state index is 12.2. The van der Waals surface area contributed by atoms with Gasteiger partial charge in [-0.25, -0.2) is 9.59 Å². The molecule has 0 aliphatic heterocycles. The fourth-order valence-corrected chi connectivity index (χ4v) is 2.66. The number of nitro groups is 1. The molecule has 1 aromatic rings. The highest BCUT2D eigenvalue weighted by Gasteiger charge is 2.26. The number of nitro benzene ring substituents is 1. The Morgan fingerprint density at radius 3 is 2.52 bits per heavy atom. The van der Waals surface area contributed by atoms with E-state index in [-0.39, 0.29) is 23.2 Å². The van der Waals surface area contributed by atoms with Gasteiger partial charge in [-0.2, -0.15) is 0 Å². The summed E-state index contributed by atoms with van der Waals surface area (Å²) < 4.78 is 9.59. The van der Waals surface area contributed by atoms with Crippen LogP contribution in [0.5, 0.6) is 0 Å². The first-order chi connectivity index (χ1) is 13.7. The number of amides is 1. The number of benzene rings is 1. The predicted molar refractivity (Wildman–Crippen MR) is 103 cm³/mol. The third-order valence-corrected chi connectivity index (χ3v) is 4.23. The van der Waals surface area contributed by atoms with Crippen LogP contribution in [-0.4, -0.2) is 48.6 Å². The van der Waals surface area contributed by atoms with Crippen LogP contribution < -0.4 is 10.6 Å². The summed E-state index contributed by atoms with van der Waals surface area (Å²) in [5, 5.41) is 16.8. The first kappa shape index (κ1) is 22.1. The third-order valence-electron chi connectivity index (χ3n) is 4.23. The molecule has 1 aromatic carbocycles. The maximum atomic E-state index is 12.2. The van der Waals surface area contributed by atoms with Gasteiger partial charge in [-0.1, -0.05) is 13.8 Å². The van der Waals surface area contributed by atoms with E-state index < -0.39 is 35.4 Å².